The first-order chi connectivity index (χ1) is 12.8. The van der Waals surface area contributed by atoms with Crippen LogP contribution in [0.25, 0.3) is 0 Å². The molecule has 140 valence electrons. The molecule has 0 unspecified atom stereocenters. The van der Waals surface area contributed by atoms with Gasteiger partial charge in [0.25, 0.3) is 0 Å². The predicted molar refractivity (Wildman–Crippen MR) is 104 cm³/mol. The van der Waals surface area contributed by atoms with E-state index in [0.29, 0.717) is 10.6 Å². The van der Waals surface area contributed by atoms with Crippen LogP contribution in [0.3, 0.4) is 0 Å². The van der Waals surface area contributed by atoms with Crippen molar-refractivity contribution in [2.45, 2.75) is 23.0 Å². The first kappa shape index (κ1) is 19.9. The van der Waals surface area contributed by atoms with Gasteiger partial charge in [-0.15, -0.1) is 0 Å². The van der Waals surface area contributed by atoms with E-state index in [1.54, 1.807) is 31.2 Å². The van der Waals surface area contributed by atoms with Gasteiger partial charge >= 0.3 is 5.97 Å². The van der Waals surface area contributed by atoms with Crippen LogP contribution in [0.2, 0.25) is 5.02 Å². The van der Waals surface area contributed by atoms with Gasteiger partial charge in [0.2, 0.25) is 0 Å². The van der Waals surface area contributed by atoms with Crippen LogP contribution in [-0.2, 0) is 19.4 Å². The lowest BCUT2D eigenvalue weighted by molar-refractivity contribution is -0.147. The third kappa shape index (κ3) is 3.27. The van der Waals surface area contributed by atoms with Gasteiger partial charge in [-0.2, -0.15) is 5.26 Å². The third-order valence-corrected chi connectivity index (χ3v) is 7.66. The lowest BCUT2D eigenvalue weighted by Gasteiger charge is -2.09. The van der Waals surface area contributed by atoms with E-state index in [4.69, 9.17) is 16.3 Å². The summed E-state index contributed by atoms with van der Waals surface area (Å²) in [7, 11) is -3.97. The molecular weight excluding hydrogens is 454 g/mol. The van der Waals surface area contributed by atoms with Crippen LogP contribution in [0.1, 0.15) is 18.4 Å². The number of carbonyl (C=O) groups is 1. The molecule has 1 aliphatic rings. The van der Waals surface area contributed by atoms with Crippen molar-refractivity contribution in [3.63, 3.8) is 0 Å². The number of nitrogens with zero attached hydrogens (tertiary/aromatic N) is 1. The summed E-state index contributed by atoms with van der Waals surface area (Å²) in [4.78, 5) is 12.6. The summed E-state index contributed by atoms with van der Waals surface area (Å²) in [6.45, 7) is 1.67. The average molecular weight is 469 g/mol. The molecular formula is C19H15BrClNO4S. The van der Waals surface area contributed by atoms with Crippen LogP contribution in [-0.4, -0.2) is 26.2 Å². The molecule has 27 heavy (non-hydrogen) atoms. The molecule has 3 rings (SSSR count). The number of rotatable bonds is 5. The van der Waals surface area contributed by atoms with Gasteiger partial charge in [-0.1, -0.05) is 39.7 Å². The minimum Gasteiger partial charge on any atom is -0.465 e. The number of hydrogen-bond donors (Lipinski definition) is 0. The maximum Gasteiger partial charge on any atom is 0.328 e. The first-order valence-electron chi connectivity index (χ1n) is 8.12. The van der Waals surface area contributed by atoms with E-state index in [1.807, 2.05) is 6.07 Å². The Hall–Kier alpha value is -1.88. The van der Waals surface area contributed by atoms with E-state index in [0.717, 1.165) is 4.47 Å². The smallest absolute Gasteiger partial charge is 0.328 e. The number of hydrogen-bond acceptors (Lipinski definition) is 5. The van der Waals surface area contributed by atoms with Crippen LogP contribution in [0.15, 0.2) is 57.9 Å². The quantitative estimate of drug-likeness (QED) is 0.616. The molecule has 8 heteroatoms. The number of benzene rings is 2. The van der Waals surface area contributed by atoms with Crippen LogP contribution in [0.4, 0.5) is 0 Å². The van der Waals surface area contributed by atoms with Gasteiger partial charge in [-0.25, -0.2) is 8.42 Å². The molecule has 0 aliphatic heterocycles. The fraction of sp³-hybridized carbons (Fsp3) is 0.263. The van der Waals surface area contributed by atoms with Crippen molar-refractivity contribution >= 4 is 43.3 Å². The average Bonchev–Trinajstić information content (AvgIpc) is 3.34. The first-order valence-corrected chi connectivity index (χ1v) is 10.8. The van der Waals surface area contributed by atoms with E-state index in [9.17, 15) is 18.5 Å². The normalized spacial score (nSPS) is 24.1. The molecule has 0 heterocycles. The van der Waals surface area contributed by atoms with Gasteiger partial charge in [0.05, 0.1) is 17.6 Å². The molecule has 0 amide bonds. The fourth-order valence-corrected chi connectivity index (χ4v) is 5.97. The highest BCUT2D eigenvalue weighted by Gasteiger charge is 2.77. The number of esters is 1. The van der Waals surface area contributed by atoms with E-state index in [1.165, 1.54) is 24.3 Å². The summed E-state index contributed by atoms with van der Waals surface area (Å²) >= 11 is 9.17. The molecule has 0 bridgehead atoms. The Bertz CT molecular complexity index is 1020. The Morgan fingerprint density at radius 1 is 1.22 bits per heavy atom. The SMILES string of the molecule is CCOC(=O)[C@@]1(C#N)[C@@H](c2ccc(Br)cc2)[C@@H]1S(=O)(=O)c1ccc(Cl)cc1. The fourth-order valence-electron chi connectivity index (χ4n) is 3.33. The standard InChI is InChI=1S/C19H15BrClNO4S/c1-2-26-18(23)19(11-22)16(12-3-5-13(20)6-4-12)17(19)27(24,25)15-9-7-14(21)8-10-15/h3-10,16-17H,2H2,1H3/t16-,17-,19-/m0/s1. The van der Waals surface area contributed by atoms with Crippen molar-refractivity contribution in [1.29, 1.82) is 5.26 Å². The van der Waals surface area contributed by atoms with Crippen molar-refractivity contribution in [2.24, 2.45) is 5.41 Å². The zero-order valence-electron chi connectivity index (χ0n) is 14.2. The predicted octanol–water partition coefficient (Wildman–Crippen LogP) is 4.12. The molecule has 0 saturated heterocycles. The van der Waals surface area contributed by atoms with E-state index in [-0.39, 0.29) is 11.5 Å². The summed E-state index contributed by atoms with van der Waals surface area (Å²) < 4.78 is 32.3. The second kappa shape index (κ2) is 7.27. The maximum absolute atomic E-state index is 13.2. The minimum atomic E-state index is -3.97. The number of ether oxygens (including phenoxy) is 1. The number of sulfone groups is 1. The lowest BCUT2D eigenvalue weighted by atomic mass is 10.0. The molecule has 1 fully saturated rings. The van der Waals surface area contributed by atoms with Crippen molar-refractivity contribution in [2.75, 3.05) is 6.61 Å². The van der Waals surface area contributed by atoms with Crippen LogP contribution >= 0.6 is 27.5 Å². The molecule has 3 atom stereocenters. The summed E-state index contributed by atoms with van der Waals surface area (Å²) in [5.74, 6) is -1.63. The van der Waals surface area contributed by atoms with Gasteiger partial charge in [0.1, 0.15) is 5.25 Å². The Balaban J connectivity index is 2.12. The van der Waals surface area contributed by atoms with E-state index >= 15 is 0 Å². The van der Waals surface area contributed by atoms with Crippen LogP contribution < -0.4 is 0 Å². The topological polar surface area (TPSA) is 84.2 Å². The van der Waals surface area contributed by atoms with E-state index in [2.05, 4.69) is 15.9 Å². The molecule has 5 nitrogen and oxygen atoms in total. The van der Waals surface area contributed by atoms with Gasteiger partial charge < -0.3 is 4.74 Å². The highest BCUT2D eigenvalue weighted by atomic mass is 79.9. The molecule has 1 aliphatic carbocycles. The summed E-state index contributed by atoms with van der Waals surface area (Å²) in [6, 6.07) is 14.5. The zero-order valence-corrected chi connectivity index (χ0v) is 17.4. The number of halogens is 2. The molecule has 0 spiro atoms. The van der Waals surface area contributed by atoms with Gasteiger partial charge in [-0.3, -0.25) is 4.79 Å². The maximum atomic E-state index is 13.2. The zero-order chi connectivity index (χ0) is 19.8. The molecule has 2 aromatic carbocycles. The highest BCUT2D eigenvalue weighted by molar-refractivity contribution is 9.10. The second-order valence-corrected chi connectivity index (χ2v) is 9.57. The van der Waals surface area contributed by atoms with Crippen LogP contribution in [0.5, 0.6) is 0 Å². The van der Waals surface area contributed by atoms with Crippen molar-refractivity contribution in [3.8, 4) is 6.07 Å². The Kier molecular flexibility index (Phi) is 5.35. The highest BCUT2D eigenvalue weighted by Crippen LogP contribution is 2.64. The monoisotopic (exact) mass is 467 g/mol. The van der Waals surface area contributed by atoms with Gasteiger partial charge in [0, 0.05) is 15.4 Å². The Morgan fingerprint density at radius 2 is 1.81 bits per heavy atom. The summed E-state index contributed by atoms with van der Waals surface area (Å²) in [5.41, 5.74) is -1.18. The molecule has 0 aromatic heterocycles. The van der Waals surface area contributed by atoms with Gasteiger partial charge in [-0.05, 0) is 48.9 Å². The summed E-state index contributed by atoms with van der Waals surface area (Å²) in [5, 5.41) is 8.99. The van der Waals surface area contributed by atoms with Crippen molar-refractivity contribution < 1.29 is 17.9 Å². The number of nitriles is 1. The Labute approximate surface area is 171 Å². The van der Waals surface area contributed by atoms with Gasteiger partial charge in [0.15, 0.2) is 15.3 Å². The van der Waals surface area contributed by atoms with E-state index < -0.39 is 32.4 Å². The minimum absolute atomic E-state index is 0.0143. The second-order valence-electron chi connectivity index (χ2n) is 6.15. The summed E-state index contributed by atoms with van der Waals surface area (Å²) in [6.07, 6.45) is 0. The molecule has 1 saturated carbocycles. The van der Waals surface area contributed by atoms with Crippen molar-refractivity contribution in [3.05, 3.63) is 63.6 Å². The largest absolute Gasteiger partial charge is 0.465 e. The lowest BCUT2D eigenvalue weighted by Crippen LogP contribution is -2.25. The van der Waals surface area contributed by atoms with Crippen LogP contribution in [0, 0.1) is 16.7 Å². The Morgan fingerprint density at radius 3 is 2.33 bits per heavy atom. The molecule has 0 N–H and O–H groups in total. The molecule has 2 aromatic rings. The number of carbonyl (C=O) groups excluding carboxylic acids is 1. The molecule has 0 radical (unpaired) electrons. The van der Waals surface area contributed by atoms with Crippen molar-refractivity contribution in [1.82, 2.24) is 0 Å². The third-order valence-electron chi connectivity index (χ3n) is 4.64.